The van der Waals surface area contributed by atoms with Gasteiger partial charge in [0, 0.05) is 4.90 Å². The van der Waals surface area contributed by atoms with Crippen LogP contribution in [0.3, 0.4) is 0 Å². The van der Waals surface area contributed by atoms with Crippen molar-refractivity contribution in [1.29, 1.82) is 0 Å². The summed E-state index contributed by atoms with van der Waals surface area (Å²) in [4.78, 5) is 9.64. The molecule has 0 bridgehead atoms. The maximum Gasteiger partial charge on any atom is 0.124 e. The first-order valence-electron chi connectivity index (χ1n) is 5.71. The van der Waals surface area contributed by atoms with Crippen molar-refractivity contribution >= 4 is 27.7 Å². The van der Waals surface area contributed by atoms with Crippen LogP contribution in [-0.2, 0) is 5.41 Å². The summed E-state index contributed by atoms with van der Waals surface area (Å²) in [6.45, 7) is 6.65. The van der Waals surface area contributed by atoms with Crippen molar-refractivity contribution in [1.82, 2.24) is 9.97 Å². The SMILES string of the molecule is CC(C)(C)c1ccc(Sc2cnc(Br)cn2)cc1. The van der Waals surface area contributed by atoms with E-state index in [1.54, 1.807) is 24.2 Å². The second-order valence-corrected chi connectivity index (χ2v) is 6.96. The highest BCUT2D eigenvalue weighted by atomic mass is 79.9. The fourth-order valence-corrected chi connectivity index (χ4v) is 2.43. The van der Waals surface area contributed by atoms with Gasteiger partial charge in [-0.1, -0.05) is 44.7 Å². The minimum absolute atomic E-state index is 0.195. The Morgan fingerprint density at radius 3 is 2.17 bits per heavy atom. The van der Waals surface area contributed by atoms with Crippen molar-refractivity contribution in [3.63, 3.8) is 0 Å². The molecule has 1 aromatic carbocycles. The predicted octanol–water partition coefficient (Wildman–Crippen LogP) is 4.69. The smallest absolute Gasteiger partial charge is 0.124 e. The van der Waals surface area contributed by atoms with Crippen molar-refractivity contribution in [3.8, 4) is 0 Å². The molecule has 0 saturated heterocycles. The maximum atomic E-state index is 4.30. The third-order valence-electron chi connectivity index (χ3n) is 2.54. The van der Waals surface area contributed by atoms with Crippen LogP contribution in [0.2, 0.25) is 0 Å². The Balaban J connectivity index is 2.13. The van der Waals surface area contributed by atoms with Gasteiger partial charge >= 0.3 is 0 Å². The molecular formula is C14H15BrN2S. The van der Waals surface area contributed by atoms with Gasteiger partial charge in [-0.05, 0) is 39.0 Å². The number of halogens is 1. The molecule has 0 fully saturated rings. The Hall–Kier alpha value is -0.870. The van der Waals surface area contributed by atoms with Crippen LogP contribution in [0, 0.1) is 0 Å². The van der Waals surface area contributed by atoms with E-state index in [0.29, 0.717) is 0 Å². The second kappa shape index (κ2) is 5.41. The summed E-state index contributed by atoms with van der Waals surface area (Å²) < 4.78 is 0.759. The molecule has 0 aliphatic carbocycles. The fraction of sp³-hybridized carbons (Fsp3) is 0.286. The van der Waals surface area contributed by atoms with E-state index in [4.69, 9.17) is 0 Å². The molecule has 1 aromatic heterocycles. The predicted molar refractivity (Wildman–Crippen MR) is 79.0 cm³/mol. The molecule has 0 atom stereocenters. The standard InChI is InChI=1S/C14H15BrN2S/c1-14(2,3)10-4-6-11(7-5-10)18-13-9-16-12(15)8-17-13/h4-9H,1-3H3. The van der Waals surface area contributed by atoms with E-state index in [1.165, 1.54) is 10.5 Å². The minimum Gasteiger partial charge on any atom is -0.245 e. The Morgan fingerprint density at radius 2 is 1.67 bits per heavy atom. The maximum absolute atomic E-state index is 4.30. The molecule has 0 saturated carbocycles. The van der Waals surface area contributed by atoms with E-state index in [9.17, 15) is 0 Å². The van der Waals surface area contributed by atoms with E-state index in [-0.39, 0.29) is 5.41 Å². The van der Waals surface area contributed by atoms with Crippen molar-refractivity contribution in [2.75, 3.05) is 0 Å². The average molecular weight is 323 g/mol. The first-order valence-corrected chi connectivity index (χ1v) is 7.32. The summed E-state index contributed by atoms with van der Waals surface area (Å²) in [7, 11) is 0. The van der Waals surface area contributed by atoms with Crippen molar-refractivity contribution < 1.29 is 0 Å². The highest BCUT2D eigenvalue weighted by molar-refractivity contribution is 9.10. The molecule has 94 valence electrons. The van der Waals surface area contributed by atoms with Crippen LogP contribution >= 0.6 is 27.7 Å². The Kier molecular flexibility index (Phi) is 4.07. The Morgan fingerprint density at radius 1 is 1.00 bits per heavy atom. The molecule has 4 heteroatoms. The highest BCUT2D eigenvalue weighted by Crippen LogP contribution is 2.29. The fourth-order valence-electron chi connectivity index (χ4n) is 1.50. The van der Waals surface area contributed by atoms with Crippen molar-refractivity contribution in [2.45, 2.75) is 36.1 Å². The van der Waals surface area contributed by atoms with Gasteiger partial charge in [0.05, 0.1) is 12.4 Å². The van der Waals surface area contributed by atoms with Gasteiger partial charge in [0.1, 0.15) is 9.63 Å². The molecule has 0 aliphatic rings. The third kappa shape index (κ3) is 3.56. The molecule has 0 radical (unpaired) electrons. The van der Waals surface area contributed by atoms with Crippen LogP contribution < -0.4 is 0 Å². The van der Waals surface area contributed by atoms with E-state index in [1.807, 2.05) is 0 Å². The highest BCUT2D eigenvalue weighted by Gasteiger charge is 2.12. The normalized spacial score (nSPS) is 11.6. The summed E-state index contributed by atoms with van der Waals surface area (Å²) in [5.41, 5.74) is 1.54. The lowest BCUT2D eigenvalue weighted by Crippen LogP contribution is -2.10. The van der Waals surface area contributed by atoms with E-state index in [2.05, 4.69) is 70.9 Å². The van der Waals surface area contributed by atoms with Gasteiger partial charge in [0.15, 0.2) is 0 Å². The third-order valence-corrected chi connectivity index (χ3v) is 3.88. The lowest BCUT2D eigenvalue weighted by atomic mass is 9.87. The lowest BCUT2D eigenvalue weighted by molar-refractivity contribution is 0.590. The molecule has 0 amide bonds. The topological polar surface area (TPSA) is 25.8 Å². The van der Waals surface area contributed by atoms with Gasteiger partial charge in [0.2, 0.25) is 0 Å². The van der Waals surface area contributed by atoms with Gasteiger partial charge in [-0.15, -0.1) is 0 Å². The van der Waals surface area contributed by atoms with Crippen LogP contribution in [0.1, 0.15) is 26.3 Å². The molecule has 2 nitrogen and oxygen atoms in total. The van der Waals surface area contributed by atoms with E-state index < -0.39 is 0 Å². The Bertz CT molecular complexity index is 515. The molecule has 0 N–H and O–H groups in total. The summed E-state index contributed by atoms with van der Waals surface area (Å²) in [5, 5.41) is 0.904. The van der Waals surface area contributed by atoms with Gasteiger partial charge in [-0.25, -0.2) is 9.97 Å². The first kappa shape index (κ1) is 13.6. The first-order chi connectivity index (χ1) is 8.45. The van der Waals surface area contributed by atoms with Crippen LogP contribution in [0.15, 0.2) is 51.2 Å². The van der Waals surface area contributed by atoms with Gasteiger partial charge in [-0.2, -0.15) is 0 Å². The molecule has 2 rings (SSSR count). The number of benzene rings is 1. The molecule has 0 unspecified atom stereocenters. The molecular weight excluding hydrogens is 308 g/mol. The molecule has 2 aromatic rings. The molecule has 0 aliphatic heterocycles. The summed E-state index contributed by atoms with van der Waals surface area (Å²) in [6.07, 6.45) is 3.48. The zero-order chi connectivity index (χ0) is 13.2. The number of hydrogen-bond acceptors (Lipinski definition) is 3. The van der Waals surface area contributed by atoms with Gasteiger partial charge < -0.3 is 0 Å². The molecule has 18 heavy (non-hydrogen) atoms. The van der Waals surface area contributed by atoms with Crippen LogP contribution in [0.25, 0.3) is 0 Å². The average Bonchev–Trinajstić information content (AvgIpc) is 2.32. The number of hydrogen-bond donors (Lipinski definition) is 0. The quantitative estimate of drug-likeness (QED) is 0.802. The number of rotatable bonds is 2. The zero-order valence-electron chi connectivity index (χ0n) is 10.6. The summed E-state index contributed by atoms with van der Waals surface area (Å²) in [5.74, 6) is 0. The summed E-state index contributed by atoms with van der Waals surface area (Å²) >= 11 is 4.90. The van der Waals surface area contributed by atoms with E-state index >= 15 is 0 Å². The van der Waals surface area contributed by atoms with Crippen LogP contribution in [0.4, 0.5) is 0 Å². The lowest BCUT2D eigenvalue weighted by Gasteiger charge is -2.18. The number of aromatic nitrogens is 2. The van der Waals surface area contributed by atoms with Crippen LogP contribution in [-0.4, -0.2) is 9.97 Å². The zero-order valence-corrected chi connectivity index (χ0v) is 13.0. The summed E-state index contributed by atoms with van der Waals surface area (Å²) in [6, 6.07) is 8.62. The minimum atomic E-state index is 0.195. The monoisotopic (exact) mass is 322 g/mol. The van der Waals surface area contributed by atoms with Crippen molar-refractivity contribution in [3.05, 3.63) is 46.8 Å². The Labute approximate surface area is 120 Å². The molecule has 1 heterocycles. The van der Waals surface area contributed by atoms with Crippen LogP contribution in [0.5, 0.6) is 0 Å². The van der Waals surface area contributed by atoms with Gasteiger partial charge in [0.25, 0.3) is 0 Å². The molecule has 0 spiro atoms. The van der Waals surface area contributed by atoms with E-state index in [0.717, 1.165) is 9.63 Å². The van der Waals surface area contributed by atoms with Crippen molar-refractivity contribution in [2.24, 2.45) is 0 Å². The second-order valence-electron chi connectivity index (χ2n) is 5.05. The number of nitrogens with zero attached hydrogens (tertiary/aromatic N) is 2. The largest absolute Gasteiger partial charge is 0.245 e. The van der Waals surface area contributed by atoms with Gasteiger partial charge in [-0.3, -0.25) is 0 Å².